The maximum atomic E-state index is 5.56. The van der Waals surface area contributed by atoms with E-state index in [9.17, 15) is 0 Å². The highest BCUT2D eigenvalue weighted by Gasteiger charge is 1.80. The Morgan fingerprint density at radius 1 is 0.889 bits per heavy atom. The van der Waals surface area contributed by atoms with Gasteiger partial charge >= 0.3 is 0 Å². The van der Waals surface area contributed by atoms with Crippen LogP contribution in [0.3, 0.4) is 0 Å². The molecular formula is C7H18NP. The van der Waals surface area contributed by atoms with Crippen LogP contribution in [0.2, 0.25) is 0 Å². The van der Waals surface area contributed by atoms with Crippen LogP contribution in [-0.4, -0.2) is 0 Å². The smallest absolute Gasteiger partial charge is 0.0185 e. The van der Waals surface area contributed by atoms with Crippen molar-refractivity contribution in [2.24, 2.45) is 0 Å². The highest BCUT2D eigenvalue weighted by atomic mass is 31.0. The molecule has 0 rings (SSSR count). The summed E-state index contributed by atoms with van der Waals surface area (Å²) >= 11 is 0. The minimum absolute atomic E-state index is 1.36. The Labute approximate surface area is 61.0 Å². The summed E-state index contributed by atoms with van der Waals surface area (Å²) in [5.41, 5.74) is 0. The van der Waals surface area contributed by atoms with Crippen molar-refractivity contribution in [3.8, 4) is 0 Å². The molecule has 1 N–H and O–H groups in total. The molecule has 0 heterocycles. The lowest BCUT2D eigenvalue weighted by molar-refractivity contribution is 0.656. The molecule has 2 heteroatoms. The summed E-state index contributed by atoms with van der Waals surface area (Å²) in [6.07, 6.45) is 7.01. The molecule has 0 aromatic carbocycles. The molecule has 1 nitrogen and oxygen atoms in total. The molecule has 56 valence electrons. The lowest BCUT2D eigenvalue weighted by Crippen LogP contribution is -1.70. The van der Waals surface area contributed by atoms with Crippen LogP contribution in [0, 0.1) is 5.16 Å². The van der Waals surface area contributed by atoms with E-state index in [1.54, 1.807) is 0 Å². The number of hydrogen-bond acceptors (Lipinski definition) is 1. The molecular weight excluding hydrogens is 129 g/mol. The van der Waals surface area contributed by atoms with E-state index in [0.717, 1.165) is 0 Å². The summed E-state index contributed by atoms with van der Waals surface area (Å²) in [5.74, 6) is 0. The van der Waals surface area contributed by atoms with E-state index in [1.165, 1.54) is 32.1 Å². The van der Waals surface area contributed by atoms with Crippen molar-refractivity contribution < 1.29 is 0 Å². The normalized spacial score (nSPS) is 7.78. The van der Waals surface area contributed by atoms with Gasteiger partial charge in [-0.2, -0.15) is 0 Å². The fourth-order valence-electron chi connectivity index (χ4n) is 0.677. The van der Waals surface area contributed by atoms with Crippen LogP contribution in [0.4, 0.5) is 0 Å². The van der Waals surface area contributed by atoms with Crippen LogP contribution >= 0.6 is 9.03 Å². The summed E-state index contributed by atoms with van der Waals surface area (Å²) in [4.78, 5) is 0. The first-order valence-corrected chi connectivity index (χ1v) is 4.16. The number of rotatable bonds is 4. The van der Waals surface area contributed by atoms with E-state index in [0.29, 0.717) is 0 Å². The van der Waals surface area contributed by atoms with Crippen molar-refractivity contribution in [3.63, 3.8) is 0 Å². The van der Waals surface area contributed by atoms with Gasteiger partial charge in [0, 0.05) is 0 Å². The Kier molecular flexibility index (Phi) is 20.7. The topological polar surface area (TPSA) is 23.9 Å². The van der Waals surface area contributed by atoms with Crippen molar-refractivity contribution >= 4 is 9.03 Å². The lowest BCUT2D eigenvalue weighted by Gasteiger charge is -1.90. The summed E-state index contributed by atoms with van der Waals surface area (Å²) < 4.78 is 0. The monoisotopic (exact) mass is 147 g/mol. The molecule has 0 radical (unpaired) electrons. The number of hydrogen-bond donors (Lipinski definition) is 1. The van der Waals surface area contributed by atoms with E-state index >= 15 is 0 Å². The average molecular weight is 147 g/mol. The van der Waals surface area contributed by atoms with Gasteiger partial charge in [0.1, 0.15) is 0 Å². The van der Waals surface area contributed by atoms with E-state index in [2.05, 4.69) is 22.9 Å². The predicted octanol–water partition coefficient (Wildman–Crippen LogP) is 3.87. The van der Waals surface area contributed by atoms with Crippen LogP contribution in [0.15, 0.2) is 0 Å². The second-order valence-electron chi connectivity index (χ2n) is 2.06. The zero-order valence-electron chi connectivity index (χ0n) is 6.54. The lowest BCUT2D eigenvalue weighted by atomic mass is 10.2. The van der Waals surface area contributed by atoms with Crippen molar-refractivity contribution in [1.82, 2.24) is 0 Å². The molecule has 9 heavy (non-hydrogen) atoms. The standard InChI is InChI=1S/C7H16.H2NP/c1-3-5-7-6-4-2;1-2/h3-7H2,1-2H3;1-2H. The zero-order chi connectivity index (χ0) is 7.54. The first-order chi connectivity index (χ1) is 4.41. The Morgan fingerprint density at radius 3 is 1.44 bits per heavy atom. The minimum Gasteiger partial charge on any atom is -0.287 e. The molecule has 0 spiro atoms. The summed E-state index contributed by atoms with van der Waals surface area (Å²) in [6, 6.07) is 0. The van der Waals surface area contributed by atoms with Crippen LogP contribution in [0.25, 0.3) is 0 Å². The van der Waals surface area contributed by atoms with E-state index in [-0.39, 0.29) is 0 Å². The highest BCUT2D eigenvalue weighted by molar-refractivity contribution is 7.02. The van der Waals surface area contributed by atoms with Crippen LogP contribution < -0.4 is 0 Å². The molecule has 0 aliphatic heterocycles. The molecule has 0 unspecified atom stereocenters. The number of unbranched alkanes of at least 4 members (excludes halogenated alkanes) is 4. The maximum Gasteiger partial charge on any atom is -0.0185 e. The van der Waals surface area contributed by atoms with Gasteiger partial charge < -0.3 is 0 Å². The molecule has 0 aliphatic rings. The Balaban J connectivity index is 0. The molecule has 0 amide bonds. The molecule has 0 saturated carbocycles. The van der Waals surface area contributed by atoms with Crippen molar-refractivity contribution in [2.45, 2.75) is 46.0 Å². The maximum absolute atomic E-state index is 5.56. The van der Waals surface area contributed by atoms with Gasteiger partial charge in [0.15, 0.2) is 0 Å². The van der Waals surface area contributed by atoms with Crippen molar-refractivity contribution in [2.75, 3.05) is 0 Å². The van der Waals surface area contributed by atoms with Gasteiger partial charge in [0.05, 0.1) is 0 Å². The molecule has 0 aromatic heterocycles. The Morgan fingerprint density at radius 2 is 1.22 bits per heavy atom. The quantitative estimate of drug-likeness (QED) is 0.461. The highest BCUT2D eigenvalue weighted by Crippen LogP contribution is 2.00. The summed E-state index contributed by atoms with van der Waals surface area (Å²) in [6.45, 7) is 4.49. The van der Waals surface area contributed by atoms with E-state index in [4.69, 9.17) is 5.16 Å². The van der Waals surface area contributed by atoms with Gasteiger partial charge in [-0.1, -0.05) is 46.0 Å². The molecule has 0 saturated heterocycles. The van der Waals surface area contributed by atoms with Crippen LogP contribution in [-0.2, 0) is 0 Å². The predicted molar refractivity (Wildman–Crippen MR) is 45.5 cm³/mol. The Hall–Kier alpha value is 0.100. The third kappa shape index (κ3) is 17.9. The second kappa shape index (κ2) is 15.7. The van der Waals surface area contributed by atoms with Crippen molar-refractivity contribution in [1.29, 1.82) is 5.16 Å². The van der Waals surface area contributed by atoms with Gasteiger partial charge in [-0.15, -0.1) is 0 Å². The molecule has 0 bridgehead atoms. The van der Waals surface area contributed by atoms with E-state index in [1.807, 2.05) is 0 Å². The van der Waals surface area contributed by atoms with Gasteiger partial charge in [0.25, 0.3) is 0 Å². The van der Waals surface area contributed by atoms with Crippen LogP contribution in [0.1, 0.15) is 46.0 Å². The van der Waals surface area contributed by atoms with Crippen molar-refractivity contribution in [3.05, 3.63) is 0 Å². The fraction of sp³-hybridized carbons (Fsp3) is 1.00. The van der Waals surface area contributed by atoms with E-state index < -0.39 is 0 Å². The summed E-state index contributed by atoms with van der Waals surface area (Å²) in [5, 5.41) is 5.56. The average Bonchev–Trinajstić information content (AvgIpc) is 1.94. The SMILES string of the molecule is CCCCCCC.N=P. The Bertz CT molecular complexity index is 35.9. The first-order valence-electron chi connectivity index (χ1n) is 3.66. The summed E-state index contributed by atoms with van der Waals surface area (Å²) in [7, 11) is 2.22. The first kappa shape index (κ1) is 11.8. The molecule has 0 aliphatic carbocycles. The van der Waals surface area contributed by atoms with Gasteiger partial charge in [0.2, 0.25) is 0 Å². The van der Waals surface area contributed by atoms with Gasteiger partial charge in [-0.05, 0) is 9.03 Å². The molecule has 0 aromatic rings. The molecule has 0 fully saturated rings. The molecule has 0 atom stereocenters. The van der Waals surface area contributed by atoms with Gasteiger partial charge in [-0.3, -0.25) is 5.16 Å². The third-order valence-electron chi connectivity index (χ3n) is 1.21. The van der Waals surface area contributed by atoms with Gasteiger partial charge in [-0.25, -0.2) is 0 Å². The number of nitrogens with one attached hydrogen (secondary N) is 1. The zero-order valence-corrected chi connectivity index (χ0v) is 7.54. The van der Waals surface area contributed by atoms with Crippen LogP contribution in [0.5, 0.6) is 0 Å². The largest absolute Gasteiger partial charge is 0.287 e. The minimum atomic E-state index is 1.36. The second-order valence-corrected chi connectivity index (χ2v) is 2.06. The fourth-order valence-corrected chi connectivity index (χ4v) is 0.677. The third-order valence-corrected chi connectivity index (χ3v) is 1.21.